The molecule has 2 heteroatoms. The fourth-order valence-corrected chi connectivity index (χ4v) is 3.70. The van der Waals surface area contributed by atoms with Gasteiger partial charge in [-0.15, -0.1) is 0 Å². The molecule has 0 aromatic heterocycles. The van der Waals surface area contributed by atoms with Crippen molar-refractivity contribution in [1.82, 2.24) is 0 Å². The van der Waals surface area contributed by atoms with E-state index in [0.29, 0.717) is 18.4 Å². The molecule has 1 saturated carbocycles. The van der Waals surface area contributed by atoms with Gasteiger partial charge in [-0.2, -0.15) is 0 Å². The summed E-state index contributed by atoms with van der Waals surface area (Å²) in [6.07, 6.45) is 4.30. The number of carbonyl (C=O) groups is 1. The Balaban J connectivity index is 1.94. The third-order valence-electron chi connectivity index (χ3n) is 5.33. The Hall–Kier alpha value is -1.31. The van der Waals surface area contributed by atoms with E-state index in [9.17, 15) is 4.79 Å². The van der Waals surface area contributed by atoms with E-state index in [0.717, 1.165) is 19.3 Å². The van der Waals surface area contributed by atoms with E-state index < -0.39 is 0 Å². The SMILES string of the molecule is CC(C)c1cccc([C@H](C)COC(=O)[C@@]2(C)CCC[C@@H](C)C2)c1. The predicted molar refractivity (Wildman–Crippen MR) is 95.6 cm³/mol. The van der Waals surface area contributed by atoms with Gasteiger partial charge in [-0.3, -0.25) is 4.79 Å². The molecule has 1 fully saturated rings. The molecule has 1 aliphatic rings. The summed E-state index contributed by atoms with van der Waals surface area (Å²) in [7, 11) is 0. The minimum absolute atomic E-state index is 0.00378. The molecule has 0 N–H and O–H groups in total. The molecule has 3 atom stereocenters. The van der Waals surface area contributed by atoms with Crippen LogP contribution in [0.2, 0.25) is 0 Å². The number of hydrogen-bond donors (Lipinski definition) is 0. The first-order valence-electron chi connectivity index (χ1n) is 9.09. The van der Waals surface area contributed by atoms with Crippen LogP contribution in [0.25, 0.3) is 0 Å². The zero-order valence-corrected chi connectivity index (χ0v) is 15.4. The van der Waals surface area contributed by atoms with E-state index in [2.05, 4.69) is 58.9 Å². The van der Waals surface area contributed by atoms with Crippen LogP contribution in [0.5, 0.6) is 0 Å². The van der Waals surface area contributed by atoms with Crippen molar-refractivity contribution in [2.75, 3.05) is 6.61 Å². The summed E-state index contributed by atoms with van der Waals surface area (Å²) in [5.41, 5.74) is 2.32. The molecule has 0 bridgehead atoms. The topological polar surface area (TPSA) is 26.3 Å². The smallest absolute Gasteiger partial charge is 0.311 e. The van der Waals surface area contributed by atoms with Gasteiger partial charge in [0.15, 0.2) is 0 Å². The van der Waals surface area contributed by atoms with Crippen LogP contribution in [0.3, 0.4) is 0 Å². The molecule has 2 rings (SSSR count). The maximum atomic E-state index is 12.6. The summed E-state index contributed by atoms with van der Waals surface area (Å²) in [4.78, 5) is 12.6. The standard InChI is InChI=1S/C21H32O2/c1-15(2)18-9-6-10-19(12-18)17(4)14-23-20(22)21(5)11-7-8-16(3)13-21/h6,9-10,12,15-17H,7-8,11,13-14H2,1-5H3/t16-,17-,21+/m1/s1. The molecular formula is C21H32O2. The fourth-order valence-electron chi connectivity index (χ4n) is 3.70. The number of esters is 1. The van der Waals surface area contributed by atoms with Gasteiger partial charge in [0.05, 0.1) is 12.0 Å². The summed E-state index contributed by atoms with van der Waals surface area (Å²) < 4.78 is 5.71. The van der Waals surface area contributed by atoms with Gasteiger partial charge in [-0.05, 0) is 42.7 Å². The van der Waals surface area contributed by atoms with Gasteiger partial charge < -0.3 is 4.74 Å². The Morgan fingerprint density at radius 3 is 2.65 bits per heavy atom. The summed E-state index contributed by atoms with van der Waals surface area (Å²) in [5, 5.41) is 0. The molecule has 23 heavy (non-hydrogen) atoms. The van der Waals surface area contributed by atoms with Crippen LogP contribution in [0.15, 0.2) is 24.3 Å². The maximum absolute atomic E-state index is 12.6. The van der Waals surface area contributed by atoms with Crippen LogP contribution in [0.4, 0.5) is 0 Å². The van der Waals surface area contributed by atoms with Crippen molar-refractivity contribution < 1.29 is 9.53 Å². The highest BCUT2D eigenvalue weighted by Crippen LogP contribution is 2.40. The Kier molecular flexibility index (Phi) is 5.89. The summed E-state index contributed by atoms with van der Waals surface area (Å²) in [6, 6.07) is 8.65. The van der Waals surface area contributed by atoms with Crippen molar-refractivity contribution in [3.63, 3.8) is 0 Å². The van der Waals surface area contributed by atoms with Gasteiger partial charge >= 0.3 is 5.97 Å². The number of hydrogen-bond acceptors (Lipinski definition) is 2. The molecule has 0 aliphatic heterocycles. The Morgan fingerprint density at radius 1 is 1.30 bits per heavy atom. The molecule has 128 valence electrons. The molecule has 1 aromatic carbocycles. The summed E-state index contributed by atoms with van der Waals surface area (Å²) in [6.45, 7) is 11.3. The van der Waals surface area contributed by atoms with E-state index in [1.54, 1.807) is 0 Å². The second-order valence-electron chi connectivity index (χ2n) is 8.09. The zero-order valence-electron chi connectivity index (χ0n) is 15.4. The van der Waals surface area contributed by atoms with Crippen molar-refractivity contribution in [3.05, 3.63) is 35.4 Å². The average Bonchev–Trinajstić information content (AvgIpc) is 2.52. The lowest BCUT2D eigenvalue weighted by Gasteiger charge is -2.35. The quantitative estimate of drug-likeness (QED) is 0.654. The van der Waals surface area contributed by atoms with Crippen molar-refractivity contribution in [2.24, 2.45) is 11.3 Å². The van der Waals surface area contributed by atoms with Crippen molar-refractivity contribution >= 4 is 5.97 Å². The van der Waals surface area contributed by atoms with Crippen LogP contribution < -0.4 is 0 Å². The van der Waals surface area contributed by atoms with E-state index in [1.807, 2.05) is 0 Å². The lowest BCUT2D eigenvalue weighted by atomic mass is 9.71. The van der Waals surface area contributed by atoms with Crippen LogP contribution in [-0.2, 0) is 9.53 Å². The first-order chi connectivity index (χ1) is 10.8. The largest absolute Gasteiger partial charge is 0.465 e. The highest BCUT2D eigenvalue weighted by molar-refractivity contribution is 5.76. The van der Waals surface area contributed by atoms with Crippen LogP contribution in [-0.4, -0.2) is 12.6 Å². The second kappa shape index (κ2) is 7.51. The summed E-state index contributed by atoms with van der Waals surface area (Å²) in [5.74, 6) is 1.38. The second-order valence-corrected chi connectivity index (χ2v) is 8.09. The average molecular weight is 316 g/mol. The van der Waals surface area contributed by atoms with Crippen LogP contribution in [0, 0.1) is 11.3 Å². The molecular weight excluding hydrogens is 284 g/mol. The minimum Gasteiger partial charge on any atom is -0.465 e. The highest BCUT2D eigenvalue weighted by atomic mass is 16.5. The highest BCUT2D eigenvalue weighted by Gasteiger charge is 2.38. The molecule has 1 aliphatic carbocycles. The van der Waals surface area contributed by atoms with Crippen molar-refractivity contribution in [3.8, 4) is 0 Å². The zero-order chi connectivity index (χ0) is 17.0. The third kappa shape index (κ3) is 4.59. The molecule has 0 heterocycles. The number of carbonyl (C=O) groups excluding carboxylic acids is 1. The van der Waals surface area contributed by atoms with Crippen molar-refractivity contribution in [1.29, 1.82) is 0 Å². The lowest BCUT2D eigenvalue weighted by Crippen LogP contribution is -2.35. The number of ether oxygens (including phenoxy) is 1. The van der Waals surface area contributed by atoms with Crippen LogP contribution in [0.1, 0.15) is 83.3 Å². The van der Waals surface area contributed by atoms with Gasteiger partial charge in [-0.25, -0.2) is 0 Å². The lowest BCUT2D eigenvalue weighted by molar-refractivity contribution is -0.158. The van der Waals surface area contributed by atoms with Crippen molar-refractivity contribution in [2.45, 2.75) is 72.1 Å². The fraction of sp³-hybridized carbons (Fsp3) is 0.667. The van der Waals surface area contributed by atoms with E-state index in [-0.39, 0.29) is 17.3 Å². The third-order valence-corrected chi connectivity index (χ3v) is 5.33. The van der Waals surface area contributed by atoms with Gasteiger partial charge in [0.1, 0.15) is 0 Å². The summed E-state index contributed by atoms with van der Waals surface area (Å²) >= 11 is 0. The van der Waals surface area contributed by atoms with Gasteiger partial charge in [-0.1, -0.05) is 64.8 Å². The van der Waals surface area contributed by atoms with Gasteiger partial charge in [0, 0.05) is 5.92 Å². The molecule has 0 spiro atoms. The van der Waals surface area contributed by atoms with Crippen LogP contribution >= 0.6 is 0 Å². The Labute approximate surface area is 141 Å². The van der Waals surface area contributed by atoms with E-state index in [1.165, 1.54) is 17.5 Å². The minimum atomic E-state index is -0.281. The monoisotopic (exact) mass is 316 g/mol. The predicted octanol–water partition coefficient (Wildman–Crippen LogP) is 5.67. The normalized spacial score (nSPS) is 26.1. The first-order valence-corrected chi connectivity index (χ1v) is 9.09. The Morgan fingerprint density at radius 2 is 2.00 bits per heavy atom. The van der Waals surface area contributed by atoms with E-state index >= 15 is 0 Å². The molecule has 0 amide bonds. The van der Waals surface area contributed by atoms with Gasteiger partial charge in [0.25, 0.3) is 0 Å². The maximum Gasteiger partial charge on any atom is 0.311 e. The molecule has 1 aromatic rings. The molecule has 2 nitrogen and oxygen atoms in total. The first kappa shape index (κ1) is 18.0. The Bertz CT molecular complexity index is 534. The van der Waals surface area contributed by atoms with E-state index in [4.69, 9.17) is 4.74 Å². The molecule has 0 saturated heterocycles. The van der Waals surface area contributed by atoms with Gasteiger partial charge in [0.2, 0.25) is 0 Å². The molecule has 0 unspecified atom stereocenters. The number of benzene rings is 1. The number of rotatable bonds is 5. The molecule has 0 radical (unpaired) electrons.